The van der Waals surface area contributed by atoms with E-state index in [1.54, 1.807) is 0 Å². The van der Waals surface area contributed by atoms with E-state index in [-0.39, 0.29) is 10.8 Å². The molecule has 0 unspecified atom stereocenters. The Bertz CT molecular complexity index is 447. The van der Waals surface area contributed by atoms with Crippen LogP contribution in [0.4, 0.5) is 4.39 Å². The molecule has 1 aromatic carbocycles. The summed E-state index contributed by atoms with van der Waals surface area (Å²) in [5, 5.41) is 0.00868. The van der Waals surface area contributed by atoms with Crippen molar-refractivity contribution in [3.63, 3.8) is 0 Å². The molecule has 0 bridgehead atoms. The Hall–Kier alpha value is -1.00. The smallest absolute Gasteiger partial charge is 0.198 e. The Morgan fingerprint density at radius 2 is 1.88 bits per heavy atom. The molecule has 5 heteroatoms. The van der Waals surface area contributed by atoms with Crippen LogP contribution in [0.25, 0.3) is 0 Å². The highest BCUT2D eigenvalue weighted by Gasteiger charge is 2.39. The second-order valence-corrected chi connectivity index (χ2v) is 4.70. The second-order valence-electron chi connectivity index (χ2n) is 4.30. The maximum atomic E-state index is 13.8. The van der Waals surface area contributed by atoms with Gasteiger partial charge in [0.2, 0.25) is 0 Å². The van der Waals surface area contributed by atoms with Gasteiger partial charge in [-0.05, 0) is 25.3 Å². The Labute approximate surface area is 105 Å². The lowest BCUT2D eigenvalue weighted by Gasteiger charge is -2.39. The number of benzene rings is 1. The molecule has 1 saturated carbocycles. The normalized spacial score (nSPS) is 17.5. The van der Waals surface area contributed by atoms with E-state index in [0.717, 1.165) is 24.8 Å². The van der Waals surface area contributed by atoms with Crippen molar-refractivity contribution in [1.82, 2.24) is 0 Å². The molecule has 0 aromatic heterocycles. The summed E-state index contributed by atoms with van der Waals surface area (Å²) in [6.07, 6.45) is 2.74. The zero-order valence-electron chi connectivity index (χ0n) is 9.85. The molecule has 1 aromatic rings. The summed E-state index contributed by atoms with van der Waals surface area (Å²) in [6.45, 7) is 0. The van der Waals surface area contributed by atoms with Crippen molar-refractivity contribution in [1.29, 1.82) is 0 Å². The minimum Gasteiger partial charge on any atom is -0.492 e. The minimum absolute atomic E-state index is 0.00868. The van der Waals surface area contributed by atoms with Gasteiger partial charge in [0.25, 0.3) is 0 Å². The first-order valence-corrected chi connectivity index (χ1v) is 5.80. The molecule has 17 heavy (non-hydrogen) atoms. The fourth-order valence-corrected chi connectivity index (χ4v) is 2.36. The van der Waals surface area contributed by atoms with Gasteiger partial charge in [0.05, 0.1) is 19.2 Å². The third kappa shape index (κ3) is 1.85. The Balaban J connectivity index is 2.62. The van der Waals surface area contributed by atoms with Crippen molar-refractivity contribution in [2.75, 3.05) is 14.2 Å². The molecular formula is C12H15ClFNO2. The van der Waals surface area contributed by atoms with Crippen molar-refractivity contribution >= 4 is 11.6 Å². The van der Waals surface area contributed by atoms with Gasteiger partial charge in [-0.25, -0.2) is 4.39 Å². The fraction of sp³-hybridized carbons (Fsp3) is 0.500. The van der Waals surface area contributed by atoms with Gasteiger partial charge in [-0.15, -0.1) is 0 Å². The predicted molar refractivity (Wildman–Crippen MR) is 64.2 cm³/mol. The molecule has 3 nitrogen and oxygen atoms in total. The van der Waals surface area contributed by atoms with Crippen LogP contribution in [0.1, 0.15) is 24.8 Å². The average molecular weight is 260 g/mol. The van der Waals surface area contributed by atoms with Gasteiger partial charge in [-0.2, -0.15) is 0 Å². The van der Waals surface area contributed by atoms with Gasteiger partial charge in [0.1, 0.15) is 0 Å². The van der Waals surface area contributed by atoms with E-state index in [1.807, 2.05) is 0 Å². The quantitative estimate of drug-likeness (QED) is 0.908. The number of hydrogen-bond acceptors (Lipinski definition) is 3. The highest BCUT2D eigenvalue weighted by molar-refractivity contribution is 6.31. The van der Waals surface area contributed by atoms with Crippen LogP contribution in [-0.2, 0) is 5.54 Å². The number of rotatable bonds is 3. The number of nitrogens with two attached hydrogens (primary N) is 1. The van der Waals surface area contributed by atoms with Crippen LogP contribution in [0.5, 0.6) is 11.5 Å². The number of hydrogen-bond donors (Lipinski definition) is 1. The molecule has 1 aliphatic carbocycles. The molecule has 1 fully saturated rings. The molecule has 2 rings (SSSR count). The lowest BCUT2D eigenvalue weighted by Crippen LogP contribution is -2.43. The number of halogens is 2. The third-order valence-corrected chi connectivity index (χ3v) is 3.60. The highest BCUT2D eigenvalue weighted by Crippen LogP contribution is 2.48. The first-order chi connectivity index (χ1) is 8.03. The van der Waals surface area contributed by atoms with E-state index in [0.29, 0.717) is 5.75 Å². The van der Waals surface area contributed by atoms with E-state index >= 15 is 0 Å². The summed E-state index contributed by atoms with van der Waals surface area (Å²) >= 11 is 5.85. The van der Waals surface area contributed by atoms with Crippen molar-refractivity contribution in [3.05, 3.63) is 22.5 Å². The Morgan fingerprint density at radius 3 is 2.29 bits per heavy atom. The van der Waals surface area contributed by atoms with Crippen LogP contribution in [0, 0.1) is 5.82 Å². The molecule has 0 radical (unpaired) electrons. The van der Waals surface area contributed by atoms with Crippen LogP contribution in [-0.4, -0.2) is 14.2 Å². The summed E-state index contributed by atoms with van der Waals surface area (Å²) in [6, 6.07) is 1.54. The third-order valence-electron chi connectivity index (χ3n) is 3.32. The van der Waals surface area contributed by atoms with E-state index in [1.165, 1.54) is 20.3 Å². The first kappa shape index (κ1) is 12.5. The van der Waals surface area contributed by atoms with E-state index in [9.17, 15) is 4.39 Å². The summed E-state index contributed by atoms with van der Waals surface area (Å²) in [5.41, 5.74) is 6.47. The van der Waals surface area contributed by atoms with Crippen molar-refractivity contribution in [3.8, 4) is 11.5 Å². The van der Waals surface area contributed by atoms with Crippen LogP contribution < -0.4 is 15.2 Å². The van der Waals surface area contributed by atoms with Gasteiger partial charge in [0, 0.05) is 11.1 Å². The zero-order valence-corrected chi connectivity index (χ0v) is 10.6. The summed E-state index contributed by atoms with van der Waals surface area (Å²) in [7, 11) is 2.85. The highest BCUT2D eigenvalue weighted by atomic mass is 35.5. The Morgan fingerprint density at radius 1 is 1.29 bits per heavy atom. The van der Waals surface area contributed by atoms with Crippen molar-refractivity contribution in [2.45, 2.75) is 24.8 Å². The lowest BCUT2D eigenvalue weighted by molar-refractivity contribution is 0.239. The van der Waals surface area contributed by atoms with E-state index in [4.69, 9.17) is 26.8 Å². The average Bonchev–Trinajstić information content (AvgIpc) is 2.28. The molecule has 0 saturated heterocycles. The molecule has 0 spiro atoms. The molecule has 0 amide bonds. The van der Waals surface area contributed by atoms with Crippen LogP contribution in [0.3, 0.4) is 0 Å². The summed E-state index contributed by atoms with van der Waals surface area (Å²) < 4.78 is 24.0. The molecule has 1 aliphatic rings. The van der Waals surface area contributed by atoms with E-state index in [2.05, 4.69) is 0 Å². The topological polar surface area (TPSA) is 44.5 Å². The minimum atomic E-state index is -0.613. The molecule has 94 valence electrons. The van der Waals surface area contributed by atoms with Gasteiger partial charge in [0.15, 0.2) is 17.3 Å². The number of methoxy groups -OCH3 is 2. The second kappa shape index (κ2) is 4.35. The summed E-state index contributed by atoms with van der Waals surface area (Å²) in [5.74, 6) is -0.249. The standard InChI is InChI=1S/C12H15ClFNO2/c1-16-10-7(12(15)4-3-5-12)6-8(13)9(14)11(10)17-2/h6H,3-5,15H2,1-2H3. The van der Waals surface area contributed by atoms with Crippen LogP contribution >= 0.6 is 11.6 Å². The maximum absolute atomic E-state index is 13.8. The molecule has 0 atom stereocenters. The predicted octanol–water partition coefficient (Wildman–Crippen LogP) is 2.83. The van der Waals surface area contributed by atoms with Crippen LogP contribution in [0.15, 0.2) is 6.07 Å². The van der Waals surface area contributed by atoms with E-state index < -0.39 is 11.4 Å². The summed E-state index contributed by atoms with van der Waals surface area (Å²) in [4.78, 5) is 0. The van der Waals surface area contributed by atoms with Gasteiger partial charge >= 0.3 is 0 Å². The largest absolute Gasteiger partial charge is 0.492 e. The fourth-order valence-electron chi connectivity index (χ4n) is 2.17. The number of ether oxygens (including phenoxy) is 2. The Kier molecular flexibility index (Phi) is 3.19. The SMILES string of the molecule is COc1c(C2(N)CCC2)cc(Cl)c(F)c1OC. The molecule has 0 heterocycles. The zero-order chi connectivity index (χ0) is 12.6. The van der Waals surface area contributed by atoms with Gasteiger partial charge < -0.3 is 15.2 Å². The maximum Gasteiger partial charge on any atom is 0.198 e. The lowest BCUT2D eigenvalue weighted by atomic mass is 9.72. The van der Waals surface area contributed by atoms with Crippen LogP contribution in [0.2, 0.25) is 5.02 Å². The molecule has 2 N–H and O–H groups in total. The monoisotopic (exact) mass is 259 g/mol. The molecular weight excluding hydrogens is 245 g/mol. The van der Waals surface area contributed by atoms with Gasteiger partial charge in [-0.3, -0.25) is 0 Å². The van der Waals surface area contributed by atoms with Crippen molar-refractivity contribution < 1.29 is 13.9 Å². The molecule has 0 aliphatic heterocycles. The van der Waals surface area contributed by atoms with Crippen molar-refractivity contribution in [2.24, 2.45) is 5.73 Å². The first-order valence-electron chi connectivity index (χ1n) is 5.43. The van der Waals surface area contributed by atoms with Gasteiger partial charge in [-0.1, -0.05) is 11.6 Å².